The fourth-order valence-corrected chi connectivity index (χ4v) is 5.71. The largest absolute Gasteiger partial charge is 0.463 e. The van der Waals surface area contributed by atoms with Crippen LogP contribution in [0.1, 0.15) is 45.8 Å². The van der Waals surface area contributed by atoms with Crippen molar-refractivity contribution in [3.8, 4) is 11.3 Å². The van der Waals surface area contributed by atoms with E-state index in [9.17, 15) is 4.79 Å². The molecule has 198 valence electrons. The number of nitrogens with one attached hydrogen (secondary N) is 2. The predicted molar refractivity (Wildman–Crippen MR) is 145 cm³/mol. The Morgan fingerprint density at radius 2 is 2.08 bits per heavy atom. The molecule has 9 nitrogen and oxygen atoms in total. The number of benzene rings is 1. The summed E-state index contributed by atoms with van der Waals surface area (Å²) in [6.45, 7) is 2.11. The second-order valence-electron chi connectivity index (χ2n) is 10.3. The molecule has 6 heterocycles. The summed E-state index contributed by atoms with van der Waals surface area (Å²) in [7, 11) is 4.01. The minimum Gasteiger partial charge on any atom is -0.463 e. The number of alkyl halides is 1. The van der Waals surface area contributed by atoms with Crippen molar-refractivity contribution in [3.05, 3.63) is 77.3 Å². The van der Waals surface area contributed by atoms with Gasteiger partial charge >= 0.3 is 0 Å². The molecule has 0 radical (unpaired) electrons. The van der Waals surface area contributed by atoms with Crippen molar-refractivity contribution in [2.45, 2.75) is 25.2 Å². The number of aromatic nitrogens is 3. The highest BCUT2D eigenvalue weighted by Gasteiger charge is 2.35. The molecule has 1 aromatic carbocycles. The highest BCUT2D eigenvalue weighted by atomic mass is 19.1. The van der Waals surface area contributed by atoms with Gasteiger partial charge in [-0.25, -0.2) is 14.4 Å². The van der Waals surface area contributed by atoms with Gasteiger partial charge in [-0.05, 0) is 50.3 Å². The van der Waals surface area contributed by atoms with Gasteiger partial charge in [0.25, 0.3) is 5.91 Å². The maximum atomic E-state index is 15.4. The Morgan fingerprint density at radius 3 is 2.90 bits per heavy atom. The fourth-order valence-electron chi connectivity index (χ4n) is 5.71. The zero-order chi connectivity index (χ0) is 26.7. The van der Waals surface area contributed by atoms with Crippen LogP contribution in [0.2, 0.25) is 0 Å². The maximum absolute atomic E-state index is 15.4. The minimum absolute atomic E-state index is 0.263. The molecule has 10 heteroatoms. The number of halogens is 1. The summed E-state index contributed by atoms with van der Waals surface area (Å²) in [5.74, 6) is 0.433. The number of furan rings is 1. The standard InChI is InChI=1S/C29H27FN6O3/c1-35(2)14-20-17(16-9-11-38-15-16)4-7-24(33-20)32-19-5-3-18(26-27(19)29(37)34-28(26)30)22-13-31-25-8-6-23-21(36(22)25)10-12-39-23/h3-8,10,12-13,16,28H,9,11,14-15H2,1-2H3,(H,32,33)(H,34,37). The lowest BCUT2D eigenvalue weighted by atomic mass is 9.96. The molecule has 5 aromatic rings. The van der Waals surface area contributed by atoms with E-state index in [0.29, 0.717) is 53.1 Å². The van der Waals surface area contributed by atoms with E-state index < -0.39 is 12.2 Å². The summed E-state index contributed by atoms with van der Waals surface area (Å²) in [6.07, 6.45) is 2.62. The summed E-state index contributed by atoms with van der Waals surface area (Å²) in [5, 5.41) is 5.74. The van der Waals surface area contributed by atoms with Crippen molar-refractivity contribution in [2.24, 2.45) is 0 Å². The van der Waals surface area contributed by atoms with Crippen LogP contribution in [0, 0.1) is 0 Å². The lowest BCUT2D eigenvalue weighted by molar-refractivity contribution is 0.0929. The van der Waals surface area contributed by atoms with Gasteiger partial charge in [0.2, 0.25) is 0 Å². The second-order valence-corrected chi connectivity index (χ2v) is 10.3. The van der Waals surface area contributed by atoms with Crippen molar-refractivity contribution in [3.63, 3.8) is 0 Å². The monoisotopic (exact) mass is 526 g/mol. The molecule has 1 saturated heterocycles. The molecule has 2 aliphatic heterocycles. The summed E-state index contributed by atoms with van der Waals surface area (Å²) < 4.78 is 28.5. The molecular weight excluding hydrogens is 499 g/mol. The first-order chi connectivity index (χ1) is 19.0. The molecule has 2 atom stereocenters. The lowest BCUT2D eigenvalue weighted by Gasteiger charge is -2.19. The van der Waals surface area contributed by atoms with Gasteiger partial charge < -0.3 is 24.7 Å². The Bertz CT molecular complexity index is 1740. The number of carbonyl (C=O) groups excluding carboxylic acids is 1. The number of hydrogen-bond donors (Lipinski definition) is 2. The second kappa shape index (κ2) is 9.18. The summed E-state index contributed by atoms with van der Waals surface area (Å²) in [4.78, 5) is 24.5. The lowest BCUT2D eigenvalue weighted by Crippen LogP contribution is -2.17. The molecule has 1 fully saturated rings. The average Bonchev–Trinajstić information content (AvgIpc) is 3.71. The highest BCUT2D eigenvalue weighted by molar-refractivity contribution is 6.06. The summed E-state index contributed by atoms with van der Waals surface area (Å²) in [5.41, 5.74) is 6.63. The molecule has 0 spiro atoms. The molecule has 0 bridgehead atoms. The van der Waals surface area contributed by atoms with Gasteiger partial charge in [0.15, 0.2) is 11.9 Å². The fraction of sp³-hybridized carbons (Fsp3) is 0.276. The van der Waals surface area contributed by atoms with Crippen molar-refractivity contribution in [1.82, 2.24) is 24.6 Å². The molecule has 39 heavy (non-hydrogen) atoms. The molecule has 7 rings (SSSR count). The van der Waals surface area contributed by atoms with Crippen LogP contribution in [0.25, 0.3) is 28.0 Å². The minimum atomic E-state index is -1.65. The molecule has 2 N–H and O–H groups in total. The van der Waals surface area contributed by atoms with Gasteiger partial charge in [0.1, 0.15) is 11.5 Å². The van der Waals surface area contributed by atoms with Crippen molar-refractivity contribution in [2.75, 3.05) is 32.6 Å². The third kappa shape index (κ3) is 3.95. The van der Waals surface area contributed by atoms with Crippen LogP contribution in [-0.4, -0.2) is 52.5 Å². The van der Waals surface area contributed by atoms with Gasteiger partial charge in [-0.1, -0.05) is 12.1 Å². The molecular formula is C29H27FN6O3. The van der Waals surface area contributed by atoms with E-state index in [1.165, 1.54) is 5.56 Å². The first-order valence-corrected chi connectivity index (χ1v) is 12.9. The number of nitrogens with zero attached hydrogens (tertiary/aromatic N) is 4. The van der Waals surface area contributed by atoms with E-state index in [1.54, 1.807) is 18.5 Å². The Labute approximate surface area is 223 Å². The molecule has 1 amide bonds. The molecule has 0 saturated carbocycles. The maximum Gasteiger partial charge on any atom is 0.256 e. The number of amides is 1. The SMILES string of the molecule is CN(C)Cc1nc(Nc2ccc(-c3cnc4ccc5occc5n34)c3c2C(=O)NC3F)ccc1C1CCOC1. The molecule has 2 aliphatic rings. The Hall–Kier alpha value is -4.28. The highest BCUT2D eigenvalue weighted by Crippen LogP contribution is 2.41. The van der Waals surface area contributed by atoms with Crippen LogP contribution in [0.3, 0.4) is 0 Å². The van der Waals surface area contributed by atoms with Crippen LogP contribution in [0.4, 0.5) is 15.9 Å². The van der Waals surface area contributed by atoms with Crippen molar-refractivity contribution >= 4 is 34.2 Å². The first kappa shape index (κ1) is 23.8. The van der Waals surface area contributed by atoms with E-state index >= 15 is 4.39 Å². The van der Waals surface area contributed by atoms with Crippen molar-refractivity contribution < 1.29 is 18.3 Å². The van der Waals surface area contributed by atoms with Gasteiger partial charge in [-0.3, -0.25) is 9.20 Å². The molecule has 0 aliphatic carbocycles. The number of anilines is 2. The third-order valence-electron chi connectivity index (χ3n) is 7.45. The zero-order valence-corrected chi connectivity index (χ0v) is 21.6. The number of hydrogen-bond acceptors (Lipinski definition) is 7. The van der Waals surface area contributed by atoms with Gasteiger partial charge in [-0.2, -0.15) is 0 Å². The number of carbonyl (C=O) groups is 1. The van der Waals surface area contributed by atoms with E-state index in [2.05, 4.69) is 26.6 Å². The van der Waals surface area contributed by atoms with Gasteiger partial charge in [-0.15, -0.1) is 0 Å². The van der Waals surface area contributed by atoms with E-state index in [4.69, 9.17) is 14.1 Å². The normalized spacial score (nSPS) is 18.8. The zero-order valence-electron chi connectivity index (χ0n) is 21.6. The topological polar surface area (TPSA) is 96.9 Å². The van der Waals surface area contributed by atoms with E-state index in [-0.39, 0.29) is 11.1 Å². The summed E-state index contributed by atoms with van der Waals surface area (Å²) in [6, 6.07) is 13.2. The van der Waals surface area contributed by atoms with E-state index in [0.717, 1.165) is 24.2 Å². The van der Waals surface area contributed by atoms with Gasteiger partial charge in [0, 0.05) is 36.3 Å². The van der Waals surface area contributed by atoms with Crippen molar-refractivity contribution in [1.29, 1.82) is 0 Å². The number of imidazole rings is 1. The quantitative estimate of drug-likeness (QED) is 0.295. The van der Waals surface area contributed by atoms with Crippen LogP contribution in [-0.2, 0) is 11.3 Å². The van der Waals surface area contributed by atoms with Crippen LogP contribution < -0.4 is 10.6 Å². The number of fused-ring (bicyclic) bond motifs is 4. The Kier molecular flexibility index (Phi) is 5.60. The number of ether oxygens (including phenoxy) is 1. The van der Waals surface area contributed by atoms with Crippen LogP contribution in [0.5, 0.6) is 0 Å². The smallest absolute Gasteiger partial charge is 0.256 e. The van der Waals surface area contributed by atoms with E-state index in [1.807, 2.05) is 48.8 Å². The number of rotatable bonds is 6. The molecule has 2 unspecified atom stereocenters. The predicted octanol–water partition coefficient (Wildman–Crippen LogP) is 5.16. The summed E-state index contributed by atoms with van der Waals surface area (Å²) >= 11 is 0. The number of pyridine rings is 2. The molecule has 4 aromatic heterocycles. The Balaban J connectivity index is 1.32. The van der Waals surface area contributed by atoms with Crippen LogP contribution in [0.15, 0.2) is 59.3 Å². The Morgan fingerprint density at radius 1 is 1.18 bits per heavy atom. The first-order valence-electron chi connectivity index (χ1n) is 12.9. The van der Waals surface area contributed by atoms with Gasteiger partial charge in [0.05, 0.1) is 47.2 Å². The average molecular weight is 527 g/mol. The third-order valence-corrected chi connectivity index (χ3v) is 7.45. The van der Waals surface area contributed by atoms with Crippen LogP contribution >= 0.6 is 0 Å².